The lowest BCUT2D eigenvalue weighted by atomic mass is 10.1. The van der Waals surface area contributed by atoms with Crippen LogP contribution in [-0.2, 0) is 6.42 Å². The van der Waals surface area contributed by atoms with Crippen molar-refractivity contribution in [3.8, 4) is 0 Å². The van der Waals surface area contributed by atoms with Gasteiger partial charge >= 0.3 is 0 Å². The SMILES string of the molecule is CCCCC(C)NC(=O)c1cc(N)nc(CC)c1. The van der Waals surface area contributed by atoms with Crippen LogP contribution < -0.4 is 11.1 Å². The summed E-state index contributed by atoms with van der Waals surface area (Å²) in [4.78, 5) is 16.2. The van der Waals surface area contributed by atoms with Crippen LogP contribution in [-0.4, -0.2) is 16.9 Å². The second-order valence-corrected chi connectivity index (χ2v) is 4.64. The number of hydrogen-bond donors (Lipinski definition) is 2. The van der Waals surface area contributed by atoms with Crippen LogP contribution in [0.4, 0.5) is 5.82 Å². The van der Waals surface area contributed by atoms with Crippen LogP contribution in [0.25, 0.3) is 0 Å². The van der Waals surface area contributed by atoms with E-state index in [1.54, 1.807) is 12.1 Å². The molecule has 0 aliphatic heterocycles. The number of carbonyl (C=O) groups excluding carboxylic acids is 1. The molecule has 0 saturated carbocycles. The number of aromatic nitrogens is 1. The molecule has 0 aliphatic rings. The molecule has 1 aromatic rings. The average Bonchev–Trinajstić information content (AvgIpc) is 2.35. The van der Waals surface area contributed by atoms with Crippen LogP contribution in [0.1, 0.15) is 56.1 Å². The van der Waals surface area contributed by atoms with Crippen molar-refractivity contribution in [1.82, 2.24) is 10.3 Å². The number of rotatable bonds is 6. The highest BCUT2D eigenvalue weighted by Crippen LogP contribution is 2.09. The van der Waals surface area contributed by atoms with Gasteiger partial charge in [-0.25, -0.2) is 4.98 Å². The second kappa shape index (κ2) is 6.99. The number of carbonyl (C=O) groups is 1. The van der Waals surface area contributed by atoms with Crippen molar-refractivity contribution in [2.24, 2.45) is 0 Å². The first-order valence-corrected chi connectivity index (χ1v) is 6.64. The van der Waals surface area contributed by atoms with Gasteiger partial charge in [0.1, 0.15) is 5.82 Å². The first-order chi connectivity index (χ1) is 8.56. The highest BCUT2D eigenvalue weighted by atomic mass is 16.1. The van der Waals surface area contributed by atoms with Crippen molar-refractivity contribution in [3.63, 3.8) is 0 Å². The lowest BCUT2D eigenvalue weighted by Gasteiger charge is -2.14. The van der Waals surface area contributed by atoms with Gasteiger partial charge in [-0.1, -0.05) is 26.7 Å². The summed E-state index contributed by atoms with van der Waals surface area (Å²) in [6.45, 7) is 6.16. The molecule has 1 amide bonds. The zero-order valence-corrected chi connectivity index (χ0v) is 11.5. The molecular weight excluding hydrogens is 226 g/mol. The normalized spacial score (nSPS) is 12.2. The Morgan fingerprint density at radius 1 is 1.44 bits per heavy atom. The van der Waals surface area contributed by atoms with Crippen LogP contribution in [0.2, 0.25) is 0 Å². The molecule has 100 valence electrons. The minimum absolute atomic E-state index is 0.0672. The van der Waals surface area contributed by atoms with E-state index in [0.29, 0.717) is 11.4 Å². The van der Waals surface area contributed by atoms with Crippen molar-refractivity contribution in [2.45, 2.75) is 52.5 Å². The Labute approximate surface area is 109 Å². The van der Waals surface area contributed by atoms with Gasteiger partial charge in [0, 0.05) is 17.3 Å². The Balaban J connectivity index is 2.68. The summed E-state index contributed by atoms with van der Waals surface area (Å²) in [5.41, 5.74) is 7.14. The van der Waals surface area contributed by atoms with Crippen molar-refractivity contribution < 1.29 is 4.79 Å². The Morgan fingerprint density at radius 3 is 2.78 bits per heavy atom. The number of nitrogens with one attached hydrogen (secondary N) is 1. The molecule has 0 aliphatic carbocycles. The fraction of sp³-hybridized carbons (Fsp3) is 0.571. The van der Waals surface area contributed by atoms with Crippen LogP contribution in [0.15, 0.2) is 12.1 Å². The number of pyridine rings is 1. The van der Waals surface area contributed by atoms with E-state index >= 15 is 0 Å². The van der Waals surface area contributed by atoms with Gasteiger partial charge in [-0.3, -0.25) is 4.79 Å². The van der Waals surface area contributed by atoms with Crippen molar-refractivity contribution in [2.75, 3.05) is 5.73 Å². The molecule has 0 bridgehead atoms. The van der Waals surface area contributed by atoms with Gasteiger partial charge in [-0.15, -0.1) is 0 Å². The van der Waals surface area contributed by atoms with Gasteiger partial charge in [-0.2, -0.15) is 0 Å². The molecule has 18 heavy (non-hydrogen) atoms. The largest absolute Gasteiger partial charge is 0.384 e. The predicted octanol–water partition coefficient (Wildman–Crippen LogP) is 2.53. The Kier molecular flexibility index (Phi) is 5.62. The lowest BCUT2D eigenvalue weighted by molar-refractivity contribution is 0.0938. The van der Waals surface area contributed by atoms with E-state index in [2.05, 4.69) is 17.2 Å². The maximum atomic E-state index is 12.0. The molecule has 1 unspecified atom stereocenters. The predicted molar refractivity (Wildman–Crippen MR) is 74.5 cm³/mol. The fourth-order valence-electron chi connectivity index (χ4n) is 1.81. The number of anilines is 1. The lowest BCUT2D eigenvalue weighted by Crippen LogP contribution is -2.32. The molecule has 1 atom stereocenters. The summed E-state index contributed by atoms with van der Waals surface area (Å²) in [7, 11) is 0. The quantitative estimate of drug-likeness (QED) is 0.814. The maximum Gasteiger partial charge on any atom is 0.251 e. The van der Waals surface area contributed by atoms with Gasteiger partial charge in [0.05, 0.1) is 0 Å². The summed E-state index contributed by atoms with van der Waals surface area (Å²) in [5.74, 6) is 0.336. The third-order valence-electron chi connectivity index (χ3n) is 2.89. The van der Waals surface area contributed by atoms with Crippen molar-refractivity contribution in [1.29, 1.82) is 0 Å². The zero-order chi connectivity index (χ0) is 13.5. The molecule has 0 aromatic carbocycles. The van der Waals surface area contributed by atoms with Crippen molar-refractivity contribution >= 4 is 11.7 Å². The van der Waals surface area contributed by atoms with Crippen molar-refractivity contribution in [3.05, 3.63) is 23.4 Å². The first kappa shape index (κ1) is 14.5. The number of amides is 1. The number of hydrogen-bond acceptors (Lipinski definition) is 3. The van der Waals surface area contributed by atoms with Gasteiger partial charge in [0.2, 0.25) is 0 Å². The number of nitrogen functional groups attached to an aromatic ring is 1. The van der Waals surface area contributed by atoms with Crippen LogP contribution in [0.3, 0.4) is 0 Å². The van der Waals surface area contributed by atoms with Crippen LogP contribution >= 0.6 is 0 Å². The van der Waals surface area contributed by atoms with E-state index in [9.17, 15) is 4.79 Å². The fourth-order valence-corrected chi connectivity index (χ4v) is 1.81. The average molecular weight is 249 g/mol. The third-order valence-corrected chi connectivity index (χ3v) is 2.89. The molecule has 0 spiro atoms. The Bertz CT molecular complexity index is 404. The van der Waals surface area contributed by atoms with Gasteiger partial charge in [0.25, 0.3) is 5.91 Å². The number of unbranched alkanes of at least 4 members (excludes halogenated alkanes) is 1. The Morgan fingerprint density at radius 2 is 2.17 bits per heavy atom. The minimum atomic E-state index is -0.0672. The molecule has 4 heteroatoms. The van der Waals surface area contributed by atoms with E-state index < -0.39 is 0 Å². The summed E-state index contributed by atoms with van der Waals surface area (Å²) >= 11 is 0. The van der Waals surface area contributed by atoms with E-state index in [1.807, 2.05) is 13.8 Å². The molecule has 1 heterocycles. The van der Waals surface area contributed by atoms with E-state index in [-0.39, 0.29) is 11.9 Å². The van der Waals surface area contributed by atoms with Crippen LogP contribution in [0, 0.1) is 0 Å². The zero-order valence-electron chi connectivity index (χ0n) is 11.5. The second-order valence-electron chi connectivity index (χ2n) is 4.64. The minimum Gasteiger partial charge on any atom is -0.384 e. The molecule has 0 saturated heterocycles. The number of nitrogens with zero attached hydrogens (tertiary/aromatic N) is 1. The maximum absolute atomic E-state index is 12.0. The Hall–Kier alpha value is -1.58. The monoisotopic (exact) mass is 249 g/mol. The topological polar surface area (TPSA) is 68.0 Å². The molecule has 0 radical (unpaired) electrons. The molecule has 0 fully saturated rings. The van der Waals surface area contributed by atoms with Gasteiger partial charge < -0.3 is 11.1 Å². The molecule has 3 N–H and O–H groups in total. The van der Waals surface area contributed by atoms with Gasteiger partial charge in [-0.05, 0) is 31.9 Å². The number of aryl methyl sites for hydroxylation is 1. The van der Waals surface area contributed by atoms with E-state index in [1.165, 1.54) is 0 Å². The number of nitrogens with two attached hydrogens (primary N) is 1. The molecular formula is C14H23N3O. The highest BCUT2D eigenvalue weighted by molar-refractivity contribution is 5.95. The molecule has 1 aromatic heterocycles. The summed E-state index contributed by atoms with van der Waals surface area (Å²) in [5, 5.41) is 2.99. The smallest absolute Gasteiger partial charge is 0.251 e. The summed E-state index contributed by atoms with van der Waals surface area (Å²) in [6.07, 6.45) is 4.04. The molecule has 4 nitrogen and oxygen atoms in total. The summed E-state index contributed by atoms with van der Waals surface area (Å²) < 4.78 is 0. The van der Waals surface area contributed by atoms with E-state index in [0.717, 1.165) is 31.4 Å². The summed E-state index contributed by atoms with van der Waals surface area (Å²) in [6, 6.07) is 3.62. The van der Waals surface area contributed by atoms with Crippen LogP contribution in [0.5, 0.6) is 0 Å². The van der Waals surface area contributed by atoms with E-state index in [4.69, 9.17) is 5.73 Å². The molecule has 1 rings (SSSR count). The third kappa shape index (κ3) is 4.35. The first-order valence-electron chi connectivity index (χ1n) is 6.64. The highest BCUT2D eigenvalue weighted by Gasteiger charge is 2.11. The standard InChI is InChI=1S/C14H23N3O/c1-4-6-7-10(3)16-14(18)11-8-12(5-2)17-13(15)9-11/h8-10H,4-7H2,1-3H3,(H2,15,17)(H,16,18). The van der Waals surface area contributed by atoms with Gasteiger partial charge in [0.15, 0.2) is 0 Å².